The van der Waals surface area contributed by atoms with Crippen LogP contribution in [0.25, 0.3) is 0 Å². The summed E-state index contributed by atoms with van der Waals surface area (Å²) in [6, 6.07) is 3.72. The molecular weight excluding hydrogens is 389 g/mol. The fraction of sp³-hybridized carbons (Fsp3) is 0. The molecule has 1 N–H and O–H groups in total. The van der Waals surface area contributed by atoms with Gasteiger partial charge >= 0.3 is 0 Å². The summed E-state index contributed by atoms with van der Waals surface area (Å²) in [4.78, 5) is 3.82. The lowest BCUT2D eigenvalue weighted by Gasteiger charge is -2.15. The van der Waals surface area contributed by atoms with Gasteiger partial charge in [-0.25, -0.2) is 0 Å². The monoisotopic (exact) mass is 390 g/mol. The van der Waals surface area contributed by atoms with Crippen molar-refractivity contribution in [3.05, 3.63) is 48.6 Å². The van der Waals surface area contributed by atoms with Gasteiger partial charge in [0.25, 0.3) is 0 Å². The van der Waals surface area contributed by atoms with Crippen molar-refractivity contribution in [2.24, 2.45) is 0 Å². The van der Waals surface area contributed by atoms with Gasteiger partial charge in [-0.1, -0.05) is 58.0 Å². The molecule has 1 aromatic heterocycles. The van der Waals surface area contributed by atoms with Crippen LogP contribution in [0.1, 0.15) is 11.1 Å². The van der Waals surface area contributed by atoms with Crippen LogP contribution in [0.15, 0.2) is 12.4 Å². The Labute approximate surface area is 150 Å². The molecule has 9 heteroatoms. The first-order valence-corrected chi connectivity index (χ1v) is 7.38. The van der Waals surface area contributed by atoms with E-state index in [4.69, 9.17) is 63.3 Å². The van der Waals surface area contributed by atoms with Crippen LogP contribution in [0.4, 0.5) is 11.4 Å². The number of hydrogen-bond acceptors (Lipinski definition) is 4. The lowest BCUT2D eigenvalue weighted by Crippen LogP contribution is -2.00. The van der Waals surface area contributed by atoms with Gasteiger partial charge < -0.3 is 5.32 Å². The molecule has 0 amide bonds. The lowest BCUT2D eigenvalue weighted by atomic mass is 10.1. The van der Waals surface area contributed by atoms with Crippen molar-refractivity contribution in [1.82, 2.24) is 4.98 Å². The van der Waals surface area contributed by atoms with Crippen molar-refractivity contribution in [2.45, 2.75) is 0 Å². The zero-order chi connectivity index (χ0) is 16.4. The van der Waals surface area contributed by atoms with Gasteiger partial charge in [-0.3, -0.25) is 4.98 Å². The third-order valence-corrected chi connectivity index (χ3v) is 4.45. The van der Waals surface area contributed by atoms with Gasteiger partial charge in [0, 0.05) is 12.4 Å². The molecule has 4 nitrogen and oxygen atoms in total. The van der Waals surface area contributed by atoms with E-state index in [9.17, 15) is 5.26 Å². The van der Waals surface area contributed by atoms with Crippen LogP contribution in [0.3, 0.4) is 0 Å². The predicted octanol–water partition coefficient (Wildman–Crippen LogP) is 5.84. The Morgan fingerprint density at radius 3 is 1.77 bits per heavy atom. The molecule has 110 valence electrons. The molecule has 22 heavy (non-hydrogen) atoms. The van der Waals surface area contributed by atoms with Crippen LogP contribution in [0.2, 0.25) is 25.1 Å². The summed E-state index contributed by atoms with van der Waals surface area (Å²) in [5, 5.41) is 21.4. The van der Waals surface area contributed by atoms with E-state index in [-0.39, 0.29) is 47.6 Å². The summed E-state index contributed by atoms with van der Waals surface area (Å²) in [5.41, 5.74) is 0.278. The van der Waals surface area contributed by atoms with Gasteiger partial charge in [-0.2, -0.15) is 10.5 Å². The van der Waals surface area contributed by atoms with Crippen LogP contribution < -0.4 is 5.32 Å². The first-order valence-electron chi connectivity index (χ1n) is 5.49. The van der Waals surface area contributed by atoms with E-state index in [1.54, 1.807) is 0 Å². The summed E-state index contributed by atoms with van der Waals surface area (Å²) >= 11 is 30.1. The fourth-order valence-electron chi connectivity index (χ4n) is 1.64. The minimum atomic E-state index is -0.0943. The molecule has 0 saturated heterocycles. The zero-order valence-corrected chi connectivity index (χ0v) is 14.2. The molecule has 1 heterocycles. The largest absolute Gasteiger partial charge is 0.351 e. The van der Waals surface area contributed by atoms with Crippen LogP contribution in [0, 0.1) is 22.7 Å². The average molecular weight is 392 g/mol. The maximum atomic E-state index is 9.28. The minimum Gasteiger partial charge on any atom is -0.351 e. The number of nitriles is 2. The number of nitrogens with one attached hydrogen (secondary N) is 1. The van der Waals surface area contributed by atoms with Crippen LogP contribution in [-0.2, 0) is 0 Å². The molecule has 2 rings (SSSR count). The number of nitrogens with zero attached hydrogens (tertiary/aromatic N) is 3. The smallest absolute Gasteiger partial charge is 0.103 e. The van der Waals surface area contributed by atoms with Gasteiger partial charge in [0.1, 0.15) is 12.1 Å². The summed E-state index contributed by atoms with van der Waals surface area (Å²) < 4.78 is 0. The molecule has 0 fully saturated rings. The van der Waals surface area contributed by atoms with E-state index in [0.29, 0.717) is 0 Å². The molecule has 0 atom stereocenters. The molecule has 0 spiro atoms. The quantitative estimate of drug-likeness (QED) is 0.652. The maximum absolute atomic E-state index is 9.28. The van der Waals surface area contributed by atoms with Crippen molar-refractivity contribution < 1.29 is 0 Å². The van der Waals surface area contributed by atoms with Gasteiger partial charge in [0.15, 0.2) is 0 Å². The molecule has 0 radical (unpaired) electrons. The van der Waals surface area contributed by atoms with E-state index in [1.807, 2.05) is 12.1 Å². The highest BCUT2D eigenvalue weighted by Gasteiger charge is 2.22. The Bertz CT molecular complexity index is 831. The third kappa shape index (κ3) is 2.90. The first-order chi connectivity index (χ1) is 10.4. The van der Waals surface area contributed by atoms with E-state index >= 15 is 0 Å². The number of hydrogen-bond donors (Lipinski definition) is 1. The average Bonchev–Trinajstić information content (AvgIpc) is 2.49. The summed E-state index contributed by atoms with van der Waals surface area (Å²) in [6.07, 6.45) is 2.72. The second kappa shape index (κ2) is 6.79. The highest BCUT2D eigenvalue weighted by molar-refractivity contribution is 6.46. The summed E-state index contributed by atoms with van der Waals surface area (Å²) in [7, 11) is 0. The number of anilines is 2. The second-order valence-electron chi connectivity index (χ2n) is 3.89. The zero-order valence-electron chi connectivity index (χ0n) is 10.4. The van der Waals surface area contributed by atoms with Crippen molar-refractivity contribution in [3.63, 3.8) is 0 Å². The minimum absolute atomic E-state index is 0.0281. The molecular formula is C13H3Cl5N4. The Hall–Kier alpha value is -1.40. The molecule has 2 aromatic rings. The number of halogens is 5. The van der Waals surface area contributed by atoms with Crippen molar-refractivity contribution >= 4 is 69.4 Å². The van der Waals surface area contributed by atoms with Crippen molar-refractivity contribution in [1.29, 1.82) is 10.5 Å². The Morgan fingerprint density at radius 1 is 0.773 bits per heavy atom. The van der Waals surface area contributed by atoms with E-state index in [1.165, 1.54) is 12.4 Å². The van der Waals surface area contributed by atoms with Crippen LogP contribution >= 0.6 is 58.0 Å². The van der Waals surface area contributed by atoms with Gasteiger partial charge in [-0.05, 0) is 0 Å². The summed E-state index contributed by atoms with van der Waals surface area (Å²) in [6.45, 7) is 0. The predicted molar refractivity (Wildman–Crippen MR) is 88.4 cm³/mol. The molecule has 0 unspecified atom stereocenters. The van der Waals surface area contributed by atoms with E-state index < -0.39 is 0 Å². The second-order valence-corrected chi connectivity index (χ2v) is 5.84. The number of pyridine rings is 1. The molecule has 0 aliphatic rings. The number of aromatic nitrogens is 1. The normalized spacial score (nSPS) is 9.95. The molecule has 0 bridgehead atoms. The SMILES string of the molecule is N#Cc1c(Cl)c(Cl)c(C#N)c(Nc2c(Cl)cncc2Cl)c1Cl. The van der Waals surface area contributed by atoms with Gasteiger partial charge in [0.2, 0.25) is 0 Å². The highest BCUT2D eigenvalue weighted by atomic mass is 35.5. The lowest BCUT2D eigenvalue weighted by molar-refractivity contribution is 1.32. The number of rotatable bonds is 2. The first kappa shape index (κ1) is 17.0. The standard InChI is InChI=1S/C13H3Cl5N4/c14-7-3-21-4-8(15)13(7)22-12-6(2-20)10(17)9(16)5(1-19)11(12)18/h3-4H,(H,21,22). The Morgan fingerprint density at radius 2 is 1.27 bits per heavy atom. The Balaban J connectivity index is 2.74. The maximum Gasteiger partial charge on any atom is 0.103 e. The Kier molecular flexibility index (Phi) is 5.24. The molecule has 0 aliphatic carbocycles. The van der Waals surface area contributed by atoms with Crippen LogP contribution in [0.5, 0.6) is 0 Å². The van der Waals surface area contributed by atoms with Gasteiger partial charge in [-0.15, -0.1) is 0 Å². The van der Waals surface area contributed by atoms with Gasteiger partial charge in [0.05, 0.1) is 47.6 Å². The van der Waals surface area contributed by atoms with Crippen molar-refractivity contribution in [3.8, 4) is 12.1 Å². The molecule has 1 aromatic carbocycles. The summed E-state index contributed by atoms with van der Waals surface area (Å²) in [5.74, 6) is 0. The van der Waals surface area contributed by atoms with Crippen molar-refractivity contribution in [2.75, 3.05) is 5.32 Å². The van der Waals surface area contributed by atoms with Crippen LogP contribution in [-0.4, -0.2) is 4.98 Å². The van der Waals surface area contributed by atoms with E-state index in [0.717, 1.165) is 0 Å². The third-order valence-electron chi connectivity index (χ3n) is 2.65. The number of benzene rings is 1. The molecule has 0 aliphatic heterocycles. The molecule has 0 saturated carbocycles. The fourth-order valence-corrected chi connectivity index (χ4v) is 2.89. The topological polar surface area (TPSA) is 72.5 Å². The van der Waals surface area contributed by atoms with E-state index in [2.05, 4.69) is 10.3 Å². The highest BCUT2D eigenvalue weighted by Crippen LogP contribution is 2.43.